The number of nitrogens with one attached hydrogen (secondary N) is 1. The average molecular weight is 387 g/mol. The Kier molecular flexibility index (Phi) is 7.33. The summed E-state index contributed by atoms with van der Waals surface area (Å²) in [6.45, 7) is 6.98. The van der Waals surface area contributed by atoms with Gasteiger partial charge in [0.25, 0.3) is 0 Å². The first kappa shape index (κ1) is 21.3. The van der Waals surface area contributed by atoms with Crippen LogP contribution >= 0.6 is 11.3 Å². The van der Waals surface area contributed by atoms with Crippen LogP contribution in [0, 0.1) is 0 Å². The number of carbonyl (C=O) groups is 2. The van der Waals surface area contributed by atoms with Crippen molar-refractivity contribution in [3.05, 3.63) is 57.8 Å². The van der Waals surface area contributed by atoms with E-state index in [-0.39, 0.29) is 36.0 Å². The Hall–Kier alpha value is -1.98. The highest BCUT2D eigenvalue weighted by molar-refractivity contribution is 7.10. The van der Waals surface area contributed by atoms with Gasteiger partial charge in [-0.25, -0.2) is 0 Å². The number of likely N-dealkylation sites (N-methyl/N-ethyl adjacent to an activating group) is 1. The maximum atomic E-state index is 12.4. The second kappa shape index (κ2) is 9.29. The lowest BCUT2D eigenvalue weighted by Gasteiger charge is -2.23. The van der Waals surface area contributed by atoms with E-state index in [4.69, 9.17) is 0 Å². The molecule has 0 radical (unpaired) electrons. The van der Waals surface area contributed by atoms with Crippen molar-refractivity contribution in [3.8, 4) is 0 Å². The number of hydrogen-bond donors (Lipinski definition) is 1. The second-order valence-corrected chi connectivity index (χ2v) is 9.03. The number of amides is 1. The molecule has 0 bridgehead atoms. The number of Topliss-reactive ketones (excluding diaryl/α,β-unsaturated/α-hetero) is 1. The molecule has 0 spiro atoms. The van der Waals surface area contributed by atoms with E-state index in [0.717, 1.165) is 0 Å². The van der Waals surface area contributed by atoms with Crippen molar-refractivity contribution in [2.24, 2.45) is 0 Å². The summed E-state index contributed by atoms with van der Waals surface area (Å²) in [5.74, 6) is -0.0777. The van der Waals surface area contributed by atoms with Crippen molar-refractivity contribution in [1.29, 1.82) is 0 Å². The molecule has 0 saturated heterocycles. The molecule has 0 aliphatic carbocycles. The van der Waals surface area contributed by atoms with Gasteiger partial charge in [-0.15, -0.1) is 11.3 Å². The summed E-state index contributed by atoms with van der Waals surface area (Å²) < 4.78 is 0. The maximum absolute atomic E-state index is 12.4. The summed E-state index contributed by atoms with van der Waals surface area (Å²) in [5.41, 5.74) is 1.92. The first-order valence-corrected chi connectivity index (χ1v) is 10.2. The normalized spacial score (nSPS) is 12.8. The molecule has 0 aliphatic heterocycles. The third-order valence-electron chi connectivity index (χ3n) is 4.64. The van der Waals surface area contributed by atoms with Gasteiger partial charge in [-0.2, -0.15) is 0 Å². The van der Waals surface area contributed by atoms with Gasteiger partial charge in [0.05, 0.1) is 6.04 Å². The summed E-state index contributed by atoms with van der Waals surface area (Å²) in [6.07, 6.45) is 0.441. The SMILES string of the molecule is CN(C)C(CNC(=O)CCC(=O)c1ccc(C(C)(C)C)cc1)c1cccs1. The largest absolute Gasteiger partial charge is 0.354 e. The van der Waals surface area contributed by atoms with Crippen LogP contribution in [0.4, 0.5) is 0 Å². The molecule has 1 aromatic heterocycles. The van der Waals surface area contributed by atoms with Gasteiger partial charge in [0.1, 0.15) is 0 Å². The van der Waals surface area contributed by atoms with Gasteiger partial charge >= 0.3 is 0 Å². The Labute approximate surface area is 166 Å². The minimum atomic E-state index is -0.0851. The van der Waals surface area contributed by atoms with Crippen molar-refractivity contribution in [2.45, 2.75) is 45.1 Å². The number of rotatable bonds is 8. The van der Waals surface area contributed by atoms with Gasteiger partial charge in [0.2, 0.25) is 5.91 Å². The van der Waals surface area contributed by atoms with E-state index in [1.807, 2.05) is 49.8 Å². The Balaban J connectivity index is 1.83. The summed E-state index contributed by atoms with van der Waals surface area (Å²) in [6, 6.07) is 12.0. The number of ketones is 1. The lowest BCUT2D eigenvalue weighted by atomic mass is 9.86. The van der Waals surface area contributed by atoms with Crippen LogP contribution in [0.1, 0.15) is 60.5 Å². The highest BCUT2D eigenvalue weighted by atomic mass is 32.1. The van der Waals surface area contributed by atoms with Crippen molar-refractivity contribution < 1.29 is 9.59 Å². The molecule has 1 amide bonds. The van der Waals surface area contributed by atoms with Crippen LogP contribution in [0.2, 0.25) is 0 Å². The Morgan fingerprint density at radius 1 is 1.07 bits per heavy atom. The van der Waals surface area contributed by atoms with Crippen LogP contribution in [0.3, 0.4) is 0 Å². The topological polar surface area (TPSA) is 49.4 Å². The van der Waals surface area contributed by atoms with E-state index in [2.05, 4.69) is 37.1 Å². The lowest BCUT2D eigenvalue weighted by Crippen LogP contribution is -2.34. The van der Waals surface area contributed by atoms with Crippen LogP contribution in [0.25, 0.3) is 0 Å². The molecule has 2 rings (SSSR count). The molecule has 1 unspecified atom stereocenters. The van der Waals surface area contributed by atoms with Crippen LogP contribution < -0.4 is 5.32 Å². The number of nitrogens with zero attached hydrogens (tertiary/aromatic N) is 1. The molecule has 0 aliphatic rings. The van der Waals surface area contributed by atoms with Crippen molar-refractivity contribution in [2.75, 3.05) is 20.6 Å². The molecule has 0 saturated carbocycles. The molecular weight excluding hydrogens is 356 g/mol. The highest BCUT2D eigenvalue weighted by Gasteiger charge is 2.17. The van der Waals surface area contributed by atoms with E-state index in [1.54, 1.807) is 11.3 Å². The predicted molar refractivity (Wildman–Crippen MR) is 112 cm³/mol. The van der Waals surface area contributed by atoms with Crippen LogP contribution in [-0.4, -0.2) is 37.2 Å². The van der Waals surface area contributed by atoms with E-state index in [1.165, 1.54) is 10.4 Å². The van der Waals surface area contributed by atoms with Crippen LogP contribution in [0.5, 0.6) is 0 Å². The van der Waals surface area contributed by atoms with Gasteiger partial charge in [0.15, 0.2) is 5.78 Å². The zero-order valence-electron chi connectivity index (χ0n) is 16.9. The first-order chi connectivity index (χ1) is 12.7. The standard InChI is InChI=1S/C22H30N2O2S/c1-22(2,3)17-10-8-16(9-11-17)19(25)12-13-21(26)23-15-18(24(4)5)20-7-6-14-27-20/h6-11,14,18H,12-13,15H2,1-5H3,(H,23,26). The second-order valence-electron chi connectivity index (χ2n) is 8.05. The molecule has 4 nitrogen and oxygen atoms in total. The molecule has 0 fully saturated rings. The molecule has 146 valence electrons. The van der Waals surface area contributed by atoms with Gasteiger partial charge in [-0.1, -0.05) is 51.1 Å². The molecule has 1 N–H and O–H groups in total. The zero-order valence-corrected chi connectivity index (χ0v) is 17.7. The summed E-state index contributed by atoms with van der Waals surface area (Å²) in [7, 11) is 4.00. The molecule has 1 aromatic carbocycles. The summed E-state index contributed by atoms with van der Waals surface area (Å²) in [5, 5.41) is 5.00. The fourth-order valence-electron chi connectivity index (χ4n) is 2.84. The summed E-state index contributed by atoms with van der Waals surface area (Å²) in [4.78, 5) is 27.8. The fraction of sp³-hybridized carbons (Fsp3) is 0.455. The Morgan fingerprint density at radius 2 is 1.74 bits per heavy atom. The van der Waals surface area contributed by atoms with E-state index in [0.29, 0.717) is 12.1 Å². The van der Waals surface area contributed by atoms with Gasteiger partial charge in [-0.3, -0.25) is 9.59 Å². The number of carbonyl (C=O) groups excluding carboxylic acids is 2. The highest BCUT2D eigenvalue weighted by Crippen LogP contribution is 2.23. The molecular formula is C22H30N2O2S. The monoisotopic (exact) mass is 386 g/mol. The molecule has 1 heterocycles. The Morgan fingerprint density at radius 3 is 2.26 bits per heavy atom. The smallest absolute Gasteiger partial charge is 0.220 e. The van der Waals surface area contributed by atoms with E-state index < -0.39 is 0 Å². The zero-order chi connectivity index (χ0) is 20.0. The molecule has 5 heteroatoms. The lowest BCUT2D eigenvalue weighted by molar-refractivity contribution is -0.121. The van der Waals surface area contributed by atoms with Gasteiger partial charge in [0, 0.05) is 29.8 Å². The van der Waals surface area contributed by atoms with Crippen LogP contribution in [-0.2, 0) is 10.2 Å². The average Bonchev–Trinajstić information content (AvgIpc) is 3.13. The van der Waals surface area contributed by atoms with Crippen LogP contribution in [0.15, 0.2) is 41.8 Å². The van der Waals surface area contributed by atoms with Gasteiger partial charge in [-0.05, 0) is 36.5 Å². The number of benzene rings is 1. The maximum Gasteiger partial charge on any atom is 0.220 e. The quantitative estimate of drug-likeness (QED) is 0.683. The molecule has 2 aromatic rings. The number of thiophene rings is 1. The predicted octanol–water partition coefficient (Wildman–Crippen LogP) is 4.43. The van der Waals surface area contributed by atoms with Crippen molar-refractivity contribution >= 4 is 23.0 Å². The Bertz CT molecular complexity index is 744. The third-order valence-corrected chi connectivity index (χ3v) is 5.61. The molecule has 27 heavy (non-hydrogen) atoms. The number of hydrogen-bond acceptors (Lipinski definition) is 4. The van der Waals surface area contributed by atoms with Crippen molar-refractivity contribution in [3.63, 3.8) is 0 Å². The fourth-order valence-corrected chi connectivity index (χ4v) is 3.77. The molecule has 1 atom stereocenters. The minimum absolute atomic E-state index is 0.00743. The third kappa shape index (κ3) is 6.29. The van der Waals surface area contributed by atoms with E-state index in [9.17, 15) is 9.59 Å². The summed E-state index contributed by atoms with van der Waals surface area (Å²) >= 11 is 1.68. The minimum Gasteiger partial charge on any atom is -0.354 e. The van der Waals surface area contributed by atoms with E-state index >= 15 is 0 Å². The first-order valence-electron chi connectivity index (χ1n) is 9.28. The van der Waals surface area contributed by atoms with Gasteiger partial charge < -0.3 is 10.2 Å². The van der Waals surface area contributed by atoms with Crippen molar-refractivity contribution in [1.82, 2.24) is 10.2 Å².